The number of imide groups is 1. The van der Waals surface area contributed by atoms with Crippen LogP contribution in [0.1, 0.15) is 44.2 Å². The fraction of sp³-hybridized carbons (Fsp3) is 0.391. The van der Waals surface area contributed by atoms with Gasteiger partial charge in [0.25, 0.3) is 5.91 Å². The molecule has 3 amide bonds. The summed E-state index contributed by atoms with van der Waals surface area (Å²) < 4.78 is 27.1. The van der Waals surface area contributed by atoms with Crippen molar-refractivity contribution in [3.63, 3.8) is 0 Å². The van der Waals surface area contributed by atoms with E-state index in [0.717, 1.165) is 28.7 Å². The van der Waals surface area contributed by atoms with Crippen molar-refractivity contribution in [1.29, 1.82) is 0 Å². The maximum absolute atomic E-state index is 13.5. The number of carbonyl (C=O) groups is 2. The van der Waals surface area contributed by atoms with Crippen LogP contribution in [-0.2, 0) is 17.8 Å². The molecule has 0 saturated carbocycles. The molecule has 7 heteroatoms. The van der Waals surface area contributed by atoms with Crippen LogP contribution in [0.4, 0.5) is 13.6 Å². The summed E-state index contributed by atoms with van der Waals surface area (Å²) in [5.41, 5.74) is 0.261. The number of hydrogen-bond donors (Lipinski definition) is 1. The number of aromatic hydroxyl groups is 1. The molecule has 1 N–H and O–H groups in total. The topological polar surface area (TPSA) is 60.9 Å². The second-order valence-corrected chi connectivity index (χ2v) is 7.90. The maximum atomic E-state index is 13.5. The van der Waals surface area contributed by atoms with E-state index in [1.807, 2.05) is 19.1 Å². The Hall–Kier alpha value is -2.96. The molecule has 0 radical (unpaired) electrons. The molecular weight excluding hydrogens is 390 g/mol. The van der Waals surface area contributed by atoms with E-state index in [-0.39, 0.29) is 23.8 Å². The van der Waals surface area contributed by atoms with Gasteiger partial charge in [-0.15, -0.1) is 0 Å². The minimum Gasteiger partial charge on any atom is -0.508 e. The molecule has 1 atom stereocenters. The van der Waals surface area contributed by atoms with Crippen molar-refractivity contribution in [2.45, 2.75) is 51.6 Å². The lowest BCUT2D eigenvalue weighted by Gasteiger charge is -2.31. The van der Waals surface area contributed by atoms with Crippen molar-refractivity contribution in [2.75, 3.05) is 6.54 Å². The van der Waals surface area contributed by atoms with Gasteiger partial charge in [0.2, 0.25) is 0 Å². The SMILES string of the molecule is CCCN1C(=O)N(Cc2cc(F)cc(F)c2)C(=O)C1(C)CCCc1ccc(O)cc1. The Balaban J connectivity index is 1.76. The molecule has 2 aromatic rings. The number of hydrogen-bond acceptors (Lipinski definition) is 3. The molecule has 1 unspecified atom stereocenters. The fourth-order valence-electron chi connectivity index (χ4n) is 3.98. The number of nitrogens with zero attached hydrogens (tertiary/aromatic N) is 2. The van der Waals surface area contributed by atoms with Crippen LogP contribution in [0.2, 0.25) is 0 Å². The van der Waals surface area contributed by atoms with Gasteiger partial charge in [0.15, 0.2) is 0 Å². The van der Waals surface area contributed by atoms with Crippen LogP contribution < -0.4 is 0 Å². The molecule has 5 nitrogen and oxygen atoms in total. The minimum atomic E-state index is -1.00. The summed E-state index contributed by atoms with van der Waals surface area (Å²) in [5.74, 6) is -1.64. The quantitative estimate of drug-likeness (QED) is 0.639. The van der Waals surface area contributed by atoms with Crippen LogP contribution in [0.3, 0.4) is 0 Å². The van der Waals surface area contributed by atoms with E-state index < -0.39 is 23.2 Å². The molecule has 0 aliphatic carbocycles. The lowest BCUT2D eigenvalue weighted by atomic mass is 9.91. The molecule has 1 heterocycles. The number of carbonyl (C=O) groups excluding carboxylic acids is 2. The van der Waals surface area contributed by atoms with Gasteiger partial charge in [-0.2, -0.15) is 0 Å². The van der Waals surface area contributed by atoms with Gasteiger partial charge in [-0.3, -0.25) is 9.69 Å². The molecule has 2 aromatic carbocycles. The molecule has 30 heavy (non-hydrogen) atoms. The third kappa shape index (κ3) is 4.45. The third-order valence-electron chi connectivity index (χ3n) is 5.54. The normalized spacial score (nSPS) is 19.1. The Labute approximate surface area is 174 Å². The average Bonchev–Trinajstić information content (AvgIpc) is 2.85. The van der Waals surface area contributed by atoms with Crippen molar-refractivity contribution in [3.05, 3.63) is 65.2 Å². The van der Waals surface area contributed by atoms with Gasteiger partial charge in [-0.1, -0.05) is 19.1 Å². The van der Waals surface area contributed by atoms with Gasteiger partial charge >= 0.3 is 6.03 Å². The number of halogens is 2. The standard InChI is InChI=1S/C23H26F2N2O3/c1-3-11-27-22(30)26(15-17-12-18(24)14-19(25)13-17)21(29)23(27,2)10-4-5-16-6-8-20(28)9-7-16/h6-9,12-14,28H,3-5,10-11,15H2,1-2H3. The van der Waals surface area contributed by atoms with Crippen LogP contribution >= 0.6 is 0 Å². The van der Waals surface area contributed by atoms with Gasteiger partial charge in [0, 0.05) is 12.6 Å². The van der Waals surface area contributed by atoms with E-state index in [2.05, 4.69) is 0 Å². The monoisotopic (exact) mass is 416 g/mol. The van der Waals surface area contributed by atoms with Gasteiger partial charge in [0.05, 0.1) is 6.54 Å². The molecule has 0 aromatic heterocycles. The van der Waals surface area contributed by atoms with E-state index >= 15 is 0 Å². The highest BCUT2D eigenvalue weighted by Gasteiger charge is 2.53. The summed E-state index contributed by atoms with van der Waals surface area (Å²) in [6, 6.07) is 9.48. The number of phenols is 1. The van der Waals surface area contributed by atoms with Gasteiger partial charge in [-0.05, 0) is 68.0 Å². The lowest BCUT2D eigenvalue weighted by Crippen LogP contribution is -2.47. The van der Waals surface area contributed by atoms with Gasteiger partial charge in [-0.25, -0.2) is 13.6 Å². The zero-order chi connectivity index (χ0) is 21.9. The van der Waals surface area contributed by atoms with Crippen molar-refractivity contribution in [3.8, 4) is 5.75 Å². The highest BCUT2D eigenvalue weighted by molar-refractivity contribution is 6.06. The van der Waals surface area contributed by atoms with Crippen LogP contribution in [-0.4, -0.2) is 38.9 Å². The molecule has 3 rings (SSSR count). The van der Waals surface area contributed by atoms with E-state index in [1.165, 1.54) is 0 Å². The van der Waals surface area contributed by atoms with Crippen LogP contribution in [0.15, 0.2) is 42.5 Å². The molecule has 1 aliphatic rings. The van der Waals surface area contributed by atoms with Crippen LogP contribution in [0.25, 0.3) is 0 Å². The number of aryl methyl sites for hydroxylation is 1. The summed E-state index contributed by atoms with van der Waals surface area (Å²) in [4.78, 5) is 28.9. The predicted molar refractivity (Wildman–Crippen MR) is 109 cm³/mol. The predicted octanol–water partition coefficient (Wildman–Crippen LogP) is 4.63. The van der Waals surface area contributed by atoms with Crippen molar-refractivity contribution >= 4 is 11.9 Å². The highest BCUT2D eigenvalue weighted by atomic mass is 19.1. The zero-order valence-electron chi connectivity index (χ0n) is 17.2. The molecule has 0 spiro atoms. The van der Waals surface area contributed by atoms with E-state index in [0.29, 0.717) is 32.2 Å². The summed E-state index contributed by atoms with van der Waals surface area (Å²) >= 11 is 0. The first-order valence-corrected chi connectivity index (χ1v) is 10.1. The number of phenolic OH excluding ortho intramolecular Hbond substituents is 1. The second-order valence-electron chi connectivity index (χ2n) is 7.90. The van der Waals surface area contributed by atoms with Crippen LogP contribution in [0.5, 0.6) is 5.75 Å². The van der Waals surface area contributed by atoms with E-state index in [1.54, 1.807) is 24.0 Å². The summed E-state index contributed by atoms with van der Waals surface area (Å²) in [7, 11) is 0. The Bertz CT molecular complexity index is 912. The van der Waals surface area contributed by atoms with Gasteiger partial charge in [0.1, 0.15) is 22.9 Å². The van der Waals surface area contributed by atoms with Crippen molar-refractivity contribution < 1.29 is 23.5 Å². The second kappa shape index (κ2) is 8.81. The smallest absolute Gasteiger partial charge is 0.327 e. The Morgan fingerprint density at radius 3 is 2.23 bits per heavy atom. The first-order chi connectivity index (χ1) is 14.2. The molecule has 1 fully saturated rings. The number of rotatable bonds is 8. The largest absolute Gasteiger partial charge is 0.508 e. The summed E-state index contributed by atoms with van der Waals surface area (Å²) in [6.45, 7) is 3.94. The minimum absolute atomic E-state index is 0.167. The average molecular weight is 416 g/mol. The lowest BCUT2D eigenvalue weighted by molar-refractivity contribution is -0.133. The van der Waals surface area contributed by atoms with Crippen molar-refractivity contribution in [1.82, 2.24) is 9.80 Å². The van der Waals surface area contributed by atoms with E-state index in [9.17, 15) is 23.5 Å². The first-order valence-electron chi connectivity index (χ1n) is 10.1. The van der Waals surface area contributed by atoms with Crippen LogP contribution in [0, 0.1) is 11.6 Å². The molecule has 1 saturated heterocycles. The fourth-order valence-corrected chi connectivity index (χ4v) is 3.98. The van der Waals surface area contributed by atoms with E-state index in [4.69, 9.17) is 0 Å². The number of urea groups is 1. The Morgan fingerprint density at radius 1 is 1.00 bits per heavy atom. The Morgan fingerprint density at radius 2 is 1.63 bits per heavy atom. The summed E-state index contributed by atoms with van der Waals surface area (Å²) in [6.07, 6.45) is 2.52. The molecule has 0 bridgehead atoms. The molecular formula is C23H26F2N2O3. The summed E-state index contributed by atoms with van der Waals surface area (Å²) in [5, 5.41) is 9.40. The van der Waals surface area contributed by atoms with Crippen molar-refractivity contribution in [2.24, 2.45) is 0 Å². The number of benzene rings is 2. The number of amides is 3. The van der Waals surface area contributed by atoms with Gasteiger partial charge < -0.3 is 10.0 Å². The zero-order valence-corrected chi connectivity index (χ0v) is 17.2. The first kappa shape index (κ1) is 21.7. The molecule has 1 aliphatic heterocycles. The molecule has 160 valence electrons. The Kier molecular flexibility index (Phi) is 6.39. The third-order valence-corrected chi connectivity index (χ3v) is 5.54. The maximum Gasteiger partial charge on any atom is 0.327 e. The highest BCUT2D eigenvalue weighted by Crippen LogP contribution is 2.34.